The normalized spacial score (nSPS) is 17.7. The van der Waals surface area contributed by atoms with Crippen LogP contribution >= 0.6 is 0 Å². The molecule has 3 aliphatic carbocycles. The van der Waals surface area contributed by atoms with Gasteiger partial charge in [-0.1, -0.05) is 164 Å². The molecule has 0 aliphatic heterocycles. The molecule has 0 fully saturated rings. The van der Waals surface area contributed by atoms with E-state index in [4.69, 9.17) is 4.42 Å². The van der Waals surface area contributed by atoms with Crippen LogP contribution in [0.25, 0.3) is 110 Å². The third kappa shape index (κ3) is 4.93. The summed E-state index contributed by atoms with van der Waals surface area (Å²) in [6, 6.07) is 81.0. The number of benzene rings is 10. The van der Waals surface area contributed by atoms with Crippen molar-refractivity contribution in [1.82, 2.24) is 9.13 Å². The van der Waals surface area contributed by atoms with Crippen LogP contribution < -0.4 is 0 Å². The molecule has 0 saturated carbocycles. The van der Waals surface area contributed by atoms with Crippen molar-refractivity contribution in [2.45, 2.75) is 11.3 Å². The van der Waals surface area contributed by atoms with E-state index in [9.17, 15) is 0 Å². The quantitative estimate of drug-likeness (QED) is 0.173. The van der Waals surface area contributed by atoms with Crippen molar-refractivity contribution in [1.29, 1.82) is 0 Å². The Morgan fingerprint density at radius 1 is 0.371 bits per heavy atom. The fourth-order valence-corrected chi connectivity index (χ4v) is 13.4. The van der Waals surface area contributed by atoms with E-state index in [1.807, 2.05) is 0 Å². The highest BCUT2D eigenvalue weighted by atomic mass is 16.3. The summed E-state index contributed by atoms with van der Waals surface area (Å²) in [6.07, 6.45) is 9.42. The lowest BCUT2D eigenvalue weighted by atomic mass is 9.65. The first kappa shape index (κ1) is 38.1. The Labute approximate surface area is 404 Å². The average Bonchev–Trinajstić information content (AvgIpc) is 4.21. The van der Waals surface area contributed by atoms with Crippen LogP contribution in [0.4, 0.5) is 0 Å². The van der Waals surface area contributed by atoms with Crippen molar-refractivity contribution < 1.29 is 4.42 Å². The fourth-order valence-electron chi connectivity index (χ4n) is 13.4. The highest BCUT2D eigenvalue weighted by Crippen LogP contribution is 2.67. The summed E-state index contributed by atoms with van der Waals surface area (Å²) in [6.45, 7) is 0. The van der Waals surface area contributed by atoms with Crippen LogP contribution in [0.3, 0.4) is 0 Å². The highest BCUT2D eigenvalue weighted by molar-refractivity contribution is 6.18. The van der Waals surface area contributed by atoms with E-state index < -0.39 is 0 Å². The topological polar surface area (TPSA) is 23.0 Å². The lowest BCUT2D eigenvalue weighted by Crippen LogP contribution is -2.33. The molecule has 3 nitrogen and oxygen atoms in total. The Bertz CT molecular complexity index is 4430. The van der Waals surface area contributed by atoms with Gasteiger partial charge in [0.1, 0.15) is 11.2 Å². The summed E-state index contributed by atoms with van der Waals surface area (Å²) in [7, 11) is 0. The van der Waals surface area contributed by atoms with Crippen LogP contribution in [0.1, 0.15) is 28.2 Å². The number of aromatic nitrogens is 2. The Hall–Kier alpha value is -8.92. The molecule has 0 amide bonds. The number of furan rings is 1. The van der Waals surface area contributed by atoms with Crippen molar-refractivity contribution in [3.8, 4) is 44.8 Å². The van der Waals surface area contributed by atoms with Crippen LogP contribution in [0.15, 0.2) is 247 Å². The standard InChI is InChI=1S/C67H42N2O/c1-3-17-44(18-4-1)68-59-29-15-10-23-48(59)51-37-41(31-34-60(51)68)42-32-35-61-52(38-42)53-39-43(33-36-62(53)69(61)45-19-5-2-6-20-45)64-65-50-25-9-14-28-57(50)67(55-26-12-7-21-46(55)47-22-8-13-27-56(47)67)58(65)40-54-49-24-11-16-30-63(49)70-66(54)64/h1-40,46,55H. The Kier molecular flexibility index (Phi) is 7.66. The zero-order valence-electron chi connectivity index (χ0n) is 38.1. The molecule has 0 radical (unpaired) electrons. The van der Waals surface area contributed by atoms with E-state index in [0.29, 0.717) is 0 Å². The predicted octanol–water partition coefficient (Wildman–Crippen LogP) is 17.3. The molecule has 70 heavy (non-hydrogen) atoms. The van der Waals surface area contributed by atoms with Gasteiger partial charge in [0.15, 0.2) is 0 Å². The molecule has 3 unspecified atom stereocenters. The van der Waals surface area contributed by atoms with Crippen molar-refractivity contribution in [2.24, 2.45) is 5.92 Å². The van der Waals surface area contributed by atoms with Crippen LogP contribution in [0, 0.1) is 5.92 Å². The number of allylic oxidation sites excluding steroid dienone is 4. The number of rotatable bonds is 4. The molecule has 3 heterocycles. The number of hydrogen-bond acceptors (Lipinski definition) is 1. The lowest BCUT2D eigenvalue weighted by Gasteiger charge is -2.36. The van der Waals surface area contributed by atoms with E-state index in [1.54, 1.807) is 0 Å². The summed E-state index contributed by atoms with van der Waals surface area (Å²) in [4.78, 5) is 0. The third-order valence-corrected chi connectivity index (χ3v) is 16.2. The molecule has 3 aliphatic rings. The van der Waals surface area contributed by atoms with Gasteiger partial charge < -0.3 is 13.6 Å². The maximum Gasteiger partial charge on any atom is 0.143 e. The Morgan fingerprint density at radius 2 is 0.914 bits per heavy atom. The summed E-state index contributed by atoms with van der Waals surface area (Å²) in [5, 5.41) is 7.21. The summed E-state index contributed by atoms with van der Waals surface area (Å²) in [5.74, 6) is 0.498. The second kappa shape index (κ2) is 14.1. The van der Waals surface area contributed by atoms with Crippen LogP contribution in [0.5, 0.6) is 0 Å². The van der Waals surface area contributed by atoms with Gasteiger partial charge in [-0.3, -0.25) is 0 Å². The molecule has 0 N–H and O–H groups in total. The van der Waals surface area contributed by atoms with Gasteiger partial charge in [-0.15, -0.1) is 0 Å². The van der Waals surface area contributed by atoms with Crippen molar-refractivity contribution in [3.63, 3.8) is 0 Å². The molecule has 326 valence electrons. The first-order valence-electron chi connectivity index (χ1n) is 24.5. The van der Waals surface area contributed by atoms with Gasteiger partial charge in [-0.25, -0.2) is 0 Å². The van der Waals surface area contributed by atoms with E-state index in [2.05, 4.69) is 252 Å². The van der Waals surface area contributed by atoms with Gasteiger partial charge in [-0.05, 0) is 129 Å². The number of nitrogens with zero attached hydrogens (tertiary/aromatic N) is 2. The average molecular weight is 891 g/mol. The van der Waals surface area contributed by atoms with Crippen LogP contribution in [-0.4, -0.2) is 9.13 Å². The zero-order chi connectivity index (χ0) is 45.7. The zero-order valence-corrected chi connectivity index (χ0v) is 38.1. The summed E-state index contributed by atoms with van der Waals surface area (Å²) >= 11 is 0. The monoisotopic (exact) mass is 890 g/mol. The molecule has 10 aromatic carbocycles. The number of fused-ring (bicyclic) bond motifs is 19. The van der Waals surface area contributed by atoms with Crippen LogP contribution in [0.2, 0.25) is 0 Å². The van der Waals surface area contributed by atoms with E-state index in [0.717, 1.165) is 44.4 Å². The van der Waals surface area contributed by atoms with Crippen molar-refractivity contribution >= 4 is 65.6 Å². The van der Waals surface area contributed by atoms with Gasteiger partial charge in [-0.2, -0.15) is 0 Å². The predicted molar refractivity (Wildman–Crippen MR) is 290 cm³/mol. The Morgan fingerprint density at radius 3 is 1.64 bits per heavy atom. The lowest BCUT2D eigenvalue weighted by molar-refractivity contribution is 0.466. The van der Waals surface area contributed by atoms with Crippen molar-refractivity contribution in [2.75, 3.05) is 0 Å². The first-order chi connectivity index (χ1) is 34.7. The number of hydrogen-bond donors (Lipinski definition) is 0. The molecule has 13 aromatic rings. The van der Waals surface area contributed by atoms with Gasteiger partial charge in [0.05, 0.1) is 27.5 Å². The number of para-hydroxylation sites is 4. The summed E-state index contributed by atoms with van der Waals surface area (Å²) < 4.78 is 11.9. The molecule has 0 bridgehead atoms. The molecular formula is C67H42N2O. The molecular weight excluding hydrogens is 849 g/mol. The molecule has 1 spiro atoms. The van der Waals surface area contributed by atoms with Crippen LogP contribution in [-0.2, 0) is 5.41 Å². The Balaban J connectivity index is 0.976. The summed E-state index contributed by atoms with van der Waals surface area (Å²) in [5.41, 5.74) is 21.3. The third-order valence-electron chi connectivity index (χ3n) is 16.2. The van der Waals surface area contributed by atoms with E-state index in [-0.39, 0.29) is 17.3 Å². The van der Waals surface area contributed by atoms with Gasteiger partial charge in [0, 0.05) is 61.1 Å². The SMILES string of the molecule is C1=CC2c3ccccc3C3(c4ccccc4-c4c3cc3c(oc5ccccc53)c4-c3ccc4c(c3)c3cc(-c5ccc6c(c5)c5ccccc5n6-c5ccccc5)ccc3n4-c3ccccc3)C2C=C1. The fraction of sp³-hybridized carbons (Fsp3) is 0.0448. The smallest absolute Gasteiger partial charge is 0.143 e. The molecule has 0 saturated heterocycles. The minimum atomic E-state index is -0.382. The van der Waals surface area contributed by atoms with E-state index >= 15 is 0 Å². The molecule has 3 atom stereocenters. The van der Waals surface area contributed by atoms with E-state index in [1.165, 1.54) is 88.1 Å². The molecule has 3 aromatic heterocycles. The largest absolute Gasteiger partial charge is 0.455 e. The minimum absolute atomic E-state index is 0.222. The molecule has 16 rings (SSSR count). The minimum Gasteiger partial charge on any atom is -0.455 e. The van der Waals surface area contributed by atoms with Gasteiger partial charge in [0.25, 0.3) is 0 Å². The second-order valence-electron chi connectivity index (χ2n) is 19.5. The second-order valence-corrected chi connectivity index (χ2v) is 19.5. The maximum absolute atomic E-state index is 7.12. The maximum atomic E-state index is 7.12. The first-order valence-corrected chi connectivity index (χ1v) is 24.5. The molecule has 3 heteroatoms. The van der Waals surface area contributed by atoms with Gasteiger partial charge in [0.2, 0.25) is 0 Å². The van der Waals surface area contributed by atoms with Gasteiger partial charge >= 0.3 is 0 Å². The highest BCUT2D eigenvalue weighted by Gasteiger charge is 2.57. The van der Waals surface area contributed by atoms with Crippen molar-refractivity contribution in [3.05, 3.63) is 265 Å².